The second-order valence-electron chi connectivity index (χ2n) is 4.10. The summed E-state index contributed by atoms with van der Waals surface area (Å²) in [5.74, 6) is -0.943. The number of hydrogen-bond acceptors (Lipinski definition) is 2. The van der Waals surface area contributed by atoms with Crippen molar-refractivity contribution in [1.29, 1.82) is 0 Å². The van der Waals surface area contributed by atoms with Gasteiger partial charge in [-0.2, -0.15) is 0 Å². The zero-order valence-corrected chi connectivity index (χ0v) is 11.1. The summed E-state index contributed by atoms with van der Waals surface area (Å²) in [4.78, 5) is 13.8. The lowest BCUT2D eigenvalue weighted by Gasteiger charge is -2.12. The van der Waals surface area contributed by atoms with Crippen LogP contribution in [0.2, 0.25) is 5.02 Å². The Bertz CT molecular complexity index is 679. The van der Waals surface area contributed by atoms with Crippen molar-refractivity contribution in [2.45, 2.75) is 19.4 Å². The normalized spacial score (nSPS) is 12.8. The number of aromatic nitrogens is 2. The number of fused-ring (bicyclic) bond motifs is 1. The van der Waals surface area contributed by atoms with Gasteiger partial charge in [0.1, 0.15) is 5.82 Å². The zero-order chi connectivity index (χ0) is 13.4. The predicted molar refractivity (Wildman–Crippen MR) is 70.6 cm³/mol. The third-order valence-electron chi connectivity index (χ3n) is 2.70. The highest BCUT2D eigenvalue weighted by molar-refractivity contribution is 7.71. The molecule has 2 aromatic rings. The van der Waals surface area contributed by atoms with E-state index in [1.54, 1.807) is 4.57 Å². The van der Waals surface area contributed by atoms with Crippen LogP contribution in [0.25, 0.3) is 11.0 Å². The Hall–Kier alpha value is -1.40. The molecule has 1 heterocycles. The number of nitrogens with zero attached hydrogens (tertiary/aromatic N) is 1. The van der Waals surface area contributed by atoms with Crippen LogP contribution in [0, 0.1) is 10.6 Å². The molecule has 7 heteroatoms. The van der Waals surface area contributed by atoms with Gasteiger partial charge < -0.3 is 15.3 Å². The maximum atomic E-state index is 13.3. The Morgan fingerprint density at radius 3 is 2.94 bits per heavy atom. The largest absolute Gasteiger partial charge is 0.370 e. The number of primary amides is 1. The third kappa shape index (κ3) is 2.26. The van der Waals surface area contributed by atoms with Crippen LogP contribution < -0.4 is 5.73 Å². The maximum Gasteiger partial charge on any atom is 0.219 e. The monoisotopic (exact) mass is 287 g/mol. The van der Waals surface area contributed by atoms with E-state index in [-0.39, 0.29) is 17.5 Å². The van der Waals surface area contributed by atoms with E-state index in [0.717, 1.165) is 0 Å². The molecule has 0 aliphatic carbocycles. The van der Waals surface area contributed by atoms with E-state index in [2.05, 4.69) is 4.98 Å². The molecule has 3 N–H and O–H groups in total. The second-order valence-corrected chi connectivity index (χ2v) is 4.90. The Balaban J connectivity index is 2.63. The van der Waals surface area contributed by atoms with E-state index in [4.69, 9.17) is 29.6 Å². The first kappa shape index (κ1) is 13.0. The highest BCUT2D eigenvalue weighted by Gasteiger charge is 2.15. The van der Waals surface area contributed by atoms with E-state index in [1.165, 1.54) is 12.1 Å². The van der Waals surface area contributed by atoms with Crippen molar-refractivity contribution >= 4 is 40.8 Å². The van der Waals surface area contributed by atoms with Crippen molar-refractivity contribution in [2.24, 2.45) is 5.73 Å². The van der Waals surface area contributed by atoms with Gasteiger partial charge in [0.25, 0.3) is 0 Å². The van der Waals surface area contributed by atoms with Gasteiger partial charge in [-0.25, -0.2) is 4.39 Å². The number of hydrogen-bond donors (Lipinski definition) is 2. The minimum absolute atomic E-state index is 0.0107. The molecular formula is C11H11ClFN3OS. The molecule has 1 aromatic heterocycles. The fourth-order valence-corrected chi connectivity index (χ4v) is 2.49. The van der Waals surface area contributed by atoms with E-state index in [1.807, 2.05) is 6.92 Å². The van der Waals surface area contributed by atoms with Gasteiger partial charge in [-0.15, -0.1) is 0 Å². The molecule has 18 heavy (non-hydrogen) atoms. The fraction of sp³-hybridized carbons (Fsp3) is 0.273. The number of nitrogens with two attached hydrogens (primary N) is 1. The Kier molecular flexibility index (Phi) is 3.41. The second kappa shape index (κ2) is 4.70. The molecule has 1 amide bonds. The Morgan fingerprint density at radius 1 is 1.67 bits per heavy atom. The minimum Gasteiger partial charge on any atom is -0.370 e. The number of aromatic amines is 1. The van der Waals surface area contributed by atoms with Gasteiger partial charge in [-0.1, -0.05) is 11.6 Å². The van der Waals surface area contributed by atoms with E-state index in [0.29, 0.717) is 15.8 Å². The van der Waals surface area contributed by atoms with Crippen LogP contribution in [-0.4, -0.2) is 15.5 Å². The quantitative estimate of drug-likeness (QED) is 0.853. The smallest absolute Gasteiger partial charge is 0.219 e. The van der Waals surface area contributed by atoms with Gasteiger partial charge in [-0.3, -0.25) is 4.79 Å². The molecule has 96 valence electrons. The number of amides is 1. The summed E-state index contributed by atoms with van der Waals surface area (Å²) >= 11 is 10.9. The summed E-state index contributed by atoms with van der Waals surface area (Å²) in [5.41, 5.74) is 6.36. The minimum atomic E-state index is -0.518. The molecule has 0 aliphatic heterocycles. The summed E-state index contributed by atoms with van der Waals surface area (Å²) in [7, 11) is 0. The average Bonchev–Trinajstić information content (AvgIpc) is 2.53. The lowest BCUT2D eigenvalue weighted by molar-refractivity contribution is -0.118. The first-order valence-electron chi connectivity index (χ1n) is 5.27. The lowest BCUT2D eigenvalue weighted by Crippen LogP contribution is -2.17. The molecular weight excluding hydrogens is 277 g/mol. The van der Waals surface area contributed by atoms with Crippen LogP contribution in [0.3, 0.4) is 0 Å². The number of nitrogens with one attached hydrogen (secondary N) is 1. The summed E-state index contributed by atoms with van der Waals surface area (Å²) in [6, 6.07) is 2.54. The number of carbonyl (C=O) groups excluding carboxylic acids is 1. The van der Waals surface area contributed by atoms with Crippen LogP contribution in [0.1, 0.15) is 19.4 Å². The molecule has 0 saturated heterocycles. The first-order chi connectivity index (χ1) is 8.40. The van der Waals surface area contributed by atoms with Crippen LogP contribution in [0.4, 0.5) is 4.39 Å². The lowest BCUT2D eigenvalue weighted by atomic mass is 10.2. The molecule has 0 aliphatic rings. The number of halogens is 2. The van der Waals surface area contributed by atoms with Gasteiger partial charge in [0.2, 0.25) is 5.91 Å². The van der Waals surface area contributed by atoms with Crippen molar-refractivity contribution in [3.05, 3.63) is 27.7 Å². The summed E-state index contributed by atoms with van der Waals surface area (Å²) in [6.07, 6.45) is 0.149. The third-order valence-corrected chi connectivity index (χ3v) is 3.28. The Morgan fingerprint density at radius 2 is 2.33 bits per heavy atom. The maximum absolute atomic E-state index is 13.3. The molecule has 0 bridgehead atoms. The zero-order valence-electron chi connectivity index (χ0n) is 9.54. The summed E-state index contributed by atoms with van der Waals surface area (Å²) < 4.78 is 15.4. The molecule has 0 fully saturated rings. The van der Waals surface area contributed by atoms with Crippen LogP contribution in [0.5, 0.6) is 0 Å². The Labute approximate surface area is 113 Å². The van der Waals surface area contributed by atoms with Crippen molar-refractivity contribution in [1.82, 2.24) is 9.55 Å². The first-order valence-corrected chi connectivity index (χ1v) is 6.06. The van der Waals surface area contributed by atoms with Gasteiger partial charge in [0.05, 0.1) is 16.1 Å². The number of benzene rings is 1. The standard InChI is InChI=1S/C11H11ClFN3OS/c1-5(2-10(14)17)16-9-3-6(12)7(13)4-8(9)15-11(16)18/h3-5H,2H2,1H3,(H2,14,17)(H,15,18). The fourth-order valence-electron chi connectivity index (χ4n) is 1.94. The van der Waals surface area contributed by atoms with Gasteiger partial charge in [-0.05, 0) is 25.2 Å². The van der Waals surface area contributed by atoms with Crippen molar-refractivity contribution < 1.29 is 9.18 Å². The highest BCUT2D eigenvalue weighted by atomic mass is 35.5. The van der Waals surface area contributed by atoms with Crippen LogP contribution >= 0.6 is 23.8 Å². The number of rotatable bonds is 3. The van der Waals surface area contributed by atoms with Crippen LogP contribution in [0.15, 0.2) is 12.1 Å². The van der Waals surface area contributed by atoms with Crippen molar-refractivity contribution in [3.8, 4) is 0 Å². The molecule has 1 atom stereocenters. The number of carbonyl (C=O) groups is 1. The molecule has 0 saturated carbocycles. The summed E-state index contributed by atoms with van der Waals surface area (Å²) in [5, 5.41) is 0.0107. The SMILES string of the molecule is CC(CC(N)=O)n1c(=S)[nH]c2cc(F)c(Cl)cc21. The van der Waals surface area contributed by atoms with Gasteiger partial charge in [0.15, 0.2) is 4.77 Å². The van der Waals surface area contributed by atoms with Gasteiger partial charge in [0, 0.05) is 18.5 Å². The summed E-state index contributed by atoms with van der Waals surface area (Å²) in [6.45, 7) is 1.81. The molecule has 4 nitrogen and oxygen atoms in total. The van der Waals surface area contributed by atoms with Crippen LogP contribution in [-0.2, 0) is 4.79 Å². The molecule has 0 spiro atoms. The molecule has 0 radical (unpaired) electrons. The number of imidazole rings is 1. The average molecular weight is 288 g/mol. The molecule has 1 unspecified atom stereocenters. The predicted octanol–water partition coefficient (Wildman–Crippen LogP) is 2.93. The van der Waals surface area contributed by atoms with E-state index < -0.39 is 11.7 Å². The van der Waals surface area contributed by atoms with E-state index in [9.17, 15) is 9.18 Å². The van der Waals surface area contributed by atoms with Crippen molar-refractivity contribution in [2.75, 3.05) is 0 Å². The molecule has 1 aromatic carbocycles. The van der Waals surface area contributed by atoms with Gasteiger partial charge >= 0.3 is 0 Å². The number of H-pyrrole nitrogens is 1. The topological polar surface area (TPSA) is 63.8 Å². The highest BCUT2D eigenvalue weighted by Crippen LogP contribution is 2.26. The molecule has 2 rings (SSSR count). The van der Waals surface area contributed by atoms with Crippen molar-refractivity contribution in [3.63, 3.8) is 0 Å². The van der Waals surface area contributed by atoms with E-state index >= 15 is 0 Å².